The van der Waals surface area contributed by atoms with E-state index in [0.717, 1.165) is 5.56 Å². The van der Waals surface area contributed by atoms with Gasteiger partial charge in [0.05, 0.1) is 24.9 Å². The first-order chi connectivity index (χ1) is 12.9. The molecule has 0 radical (unpaired) electrons. The maximum absolute atomic E-state index is 9.72. The molecular formula is C21H32O6. The lowest BCUT2D eigenvalue weighted by atomic mass is 9.98. The Bertz CT molecular complexity index is 551. The van der Waals surface area contributed by atoms with Gasteiger partial charge >= 0.3 is 0 Å². The summed E-state index contributed by atoms with van der Waals surface area (Å²) in [4.78, 5) is 0. The Morgan fingerprint density at radius 2 is 1.85 bits per heavy atom. The molecule has 1 aromatic rings. The van der Waals surface area contributed by atoms with E-state index in [1.807, 2.05) is 37.3 Å². The summed E-state index contributed by atoms with van der Waals surface area (Å²) in [6.45, 7) is 4.86. The van der Waals surface area contributed by atoms with Gasteiger partial charge in [0.25, 0.3) is 0 Å². The Kier molecular flexibility index (Phi) is 11.9. The maximum atomic E-state index is 9.72. The van der Waals surface area contributed by atoms with Crippen LogP contribution in [0.25, 0.3) is 0 Å². The van der Waals surface area contributed by atoms with Crippen LogP contribution in [0, 0.1) is 11.8 Å². The van der Waals surface area contributed by atoms with E-state index in [0.29, 0.717) is 26.1 Å². The van der Waals surface area contributed by atoms with E-state index < -0.39 is 17.8 Å². The Morgan fingerprint density at radius 3 is 2.52 bits per heavy atom. The fourth-order valence-corrected chi connectivity index (χ4v) is 2.29. The van der Waals surface area contributed by atoms with Crippen LogP contribution in [0.3, 0.4) is 0 Å². The molecule has 0 fully saturated rings. The molecule has 1 aromatic carbocycles. The van der Waals surface area contributed by atoms with Gasteiger partial charge in [0.2, 0.25) is 0 Å². The highest BCUT2D eigenvalue weighted by molar-refractivity contribution is 5.13. The zero-order valence-electron chi connectivity index (χ0n) is 16.5. The molecule has 6 heteroatoms. The summed E-state index contributed by atoms with van der Waals surface area (Å²) in [5.74, 6) is 5.67. The highest BCUT2D eigenvalue weighted by Crippen LogP contribution is 2.20. The van der Waals surface area contributed by atoms with Crippen LogP contribution in [-0.4, -0.2) is 55.3 Å². The topological polar surface area (TPSA) is 77.4 Å². The van der Waals surface area contributed by atoms with Crippen molar-refractivity contribution in [2.24, 2.45) is 0 Å². The molecule has 0 aliphatic carbocycles. The van der Waals surface area contributed by atoms with E-state index in [1.54, 1.807) is 14.0 Å². The predicted octanol–water partition coefficient (Wildman–Crippen LogP) is 2.47. The van der Waals surface area contributed by atoms with Gasteiger partial charge in [0.1, 0.15) is 19.7 Å². The summed E-state index contributed by atoms with van der Waals surface area (Å²) in [6, 6.07) is 9.91. The molecule has 152 valence electrons. The van der Waals surface area contributed by atoms with Crippen molar-refractivity contribution in [3.8, 4) is 11.8 Å². The Labute approximate surface area is 162 Å². The third-order valence-electron chi connectivity index (χ3n) is 3.87. The molecule has 0 saturated carbocycles. The van der Waals surface area contributed by atoms with E-state index in [1.165, 1.54) is 0 Å². The number of methoxy groups -OCH3 is 1. The van der Waals surface area contributed by atoms with Crippen molar-refractivity contribution in [3.05, 3.63) is 35.9 Å². The van der Waals surface area contributed by atoms with Crippen LogP contribution in [0.1, 0.15) is 38.7 Å². The average molecular weight is 380 g/mol. The van der Waals surface area contributed by atoms with Crippen molar-refractivity contribution >= 4 is 0 Å². The number of aliphatic hydroxyl groups is 2. The third kappa shape index (κ3) is 11.8. The molecular weight excluding hydrogens is 348 g/mol. The van der Waals surface area contributed by atoms with Gasteiger partial charge in [-0.1, -0.05) is 42.2 Å². The molecule has 0 amide bonds. The number of benzene rings is 1. The van der Waals surface area contributed by atoms with Crippen LogP contribution in [-0.2, 0) is 25.6 Å². The van der Waals surface area contributed by atoms with E-state index in [-0.39, 0.29) is 20.0 Å². The van der Waals surface area contributed by atoms with Crippen LogP contribution >= 0.6 is 0 Å². The maximum Gasteiger partial charge on any atom is 0.147 e. The van der Waals surface area contributed by atoms with Crippen LogP contribution in [0.2, 0.25) is 0 Å². The first kappa shape index (κ1) is 23.6. The zero-order chi connectivity index (χ0) is 20.0. The third-order valence-corrected chi connectivity index (χ3v) is 3.87. The molecule has 6 nitrogen and oxygen atoms in total. The van der Waals surface area contributed by atoms with Gasteiger partial charge in [-0.2, -0.15) is 0 Å². The van der Waals surface area contributed by atoms with Crippen molar-refractivity contribution in [3.63, 3.8) is 0 Å². The summed E-state index contributed by atoms with van der Waals surface area (Å²) in [7, 11) is 1.56. The molecule has 0 unspecified atom stereocenters. The fourth-order valence-electron chi connectivity index (χ4n) is 2.29. The van der Waals surface area contributed by atoms with Crippen molar-refractivity contribution in [2.45, 2.75) is 57.5 Å². The Morgan fingerprint density at radius 1 is 1.11 bits per heavy atom. The number of hydrogen-bond donors (Lipinski definition) is 2. The fraction of sp³-hybridized carbons (Fsp3) is 0.619. The second-order valence-corrected chi connectivity index (χ2v) is 6.71. The van der Waals surface area contributed by atoms with Crippen LogP contribution in [0.4, 0.5) is 0 Å². The Hall–Kier alpha value is -1.46. The SMILES string of the molecule is COCO[C@@](C)(CC#C[C@H](O)C[C@H](C)O)CCOCOCc1ccccc1. The number of aliphatic hydroxyl groups excluding tert-OH is 2. The molecule has 2 N–H and O–H groups in total. The van der Waals surface area contributed by atoms with Crippen molar-refractivity contribution in [2.75, 3.05) is 27.3 Å². The molecule has 27 heavy (non-hydrogen) atoms. The summed E-state index contributed by atoms with van der Waals surface area (Å²) in [5, 5.41) is 19.0. The molecule has 0 spiro atoms. The van der Waals surface area contributed by atoms with Gasteiger partial charge in [0, 0.05) is 26.4 Å². The van der Waals surface area contributed by atoms with Crippen LogP contribution < -0.4 is 0 Å². The van der Waals surface area contributed by atoms with Gasteiger partial charge in [-0.15, -0.1) is 0 Å². The van der Waals surface area contributed by atoms with Gasteiger partial charge < -0.3 is 29.2 Å². The van der Waals surface area contributed by atoms with Gasteiger partial charge in [-0.3, -0.25) is 0 Å². The monoisotopic (exact) mass is 380 g/mol. The molecule has 0 saturated heterocycles. The minimum atomic E-state index is -0.848. The second kappa shape index (κ2) is 13.7. The molecule has 0 heterocycles. The van der Waals surface area contributed by atoms with Gasteiger partial charge in [-0.25, -0.2) is 0 Å². The van der Waals surface area contributed by atoms with E-state index in [2.05, 4.69) is 11.8 Å². The number of ether oxygens (including phenoxy) is 4. The smallest absolute Gasteiger partial charge is 0.147 e. The first-order valence-corrected chi connectivity index (χ1v) is 9.12. The first-order valence-electron chi connectivity index (χ1n) is 9.12. The minimum Gasteiger partial charge on any atom is -0.393 e. The van der Waals surface area contributed by atoms with Gasteiger partial charge in [-0.05, 0) is 19.4 Å². The van der Waals surface area contributed by atoms with Crippen molar-refractivity contribution in [1.29, 1.82) is 0 Å². The summed E-state index contributed by atoms with van der Waals surface area (Å²) < 4.78 is 21.8. The molecule has 3 atom stereocenters. The van der Waals surface area contributed by atoms with Crippen LogP contribution in [0.5, 0.6) is 0 Å². The molecule has 1 rings (SSSR count). The summed E-state index contributed by atoms with van der Waals surface area (Å²) >= 11 is 0. The van der Waals surface area contributed by atoms with E-state index in [4.69, 9.17) is 18.9 Å². The summed E-state index contributed by atoms with van der Waals surface area (Å²) in [5.41, 5.74) is 0.535. The van der Waals surface area contributed by atoms with Gasteiger partial charge in [0.15, 0.2) is 0 Å². The number of rotatable bonds is 13. The highest BCUT2D eigenvalue weighted by Gasteiger charge is 2.24. The van der Waals surface area contributed by atoms with Crippen molar-refractivity contribution in [1.82, 2.24) is 0 Å². The highest BCUT2D eigenvalue weighted by atomic mass is 16.7. The quantitative estimate of drug-likeness (QED) is 0.311. The molecule has 0 aliphatic heterocycles. The van der Waals surface area contributed by atoms with E-state index in [9.17, 15) is 10.2 Å². The predicted molar refractivity (Wildman–Crippen MR) is 103 cm³/mol. The largest absolute Gasteiger partial charge is 0.393 e. The Balaban J connectivity index is 2.33. The summed E-state index contributed by atoms with van der Waals surface area (Å²) in [6.07, 6.45) is -0.188. The minimum absolute atomic E-state index is 0.152. The zero-order valence-corrected chi connectivity index (χ0v) is 16.5. The van der Waals surface area contributed by atoms with Crippen molar-refractivity contribution < 1.29 is 29.2 Å². The van der Waals surface area contributed by atoms with E-state index >= 15 is 0 Å². The lowest BCUT2D eigenvalue weighted by molar-refractivity contribution is -0.138. The lowest BCUT2D eigenvalue weighted by Crippen LogP contribution is -2.31. The molecule has 0 bridgehead atoms. The molecule has 0 aromatic heterocycles. The normalized spacial score (nSPS) is 15.4. The second-order valence-electron chi connectivity index (χ2n) is 6.71. The molecule has 0 aliphatic rings. The lowest BCUT2D eigenvalue weighted by Gasteiger charge is -2.27. The number of hydrogen-bond acceptors (Lipinski definition) is 6. The average Bonchev–Trinajstić information content (AvgIpc) is 2.63. The standard InChI is InChI=1S/C21H32O6/c1-18(22)14-20(23)10-7-11-21(2,27-16-24-3)12-13-25-17-26-15-19-8-5-4-6-9-19/h4-6,8-9,18,20,22-23H,11-17H2,1-3H3/t18-,20-,21-/m0/s1. The van der Waals surface area contributed by atoms with Crippen LogP contribution in [0.15, 0.2) is 30.3 Å².